The topological polar surface area (TPSA) is 59.0 Å². The SMILES string of the molecule is CCCN(CCC)c1ccc2cc(OCc3ccccc3)c(C(=O)OC)cc2c1O.Cl. The predicted octanol–water partition coefficient (Wildman–Crippen LogP) is 5.96. The lowest BCUT2D eigenvalue weighted by molar-refractivity contribution is 0.0596. The number of phenolic OH excluding ortho intramolecular Hbond substituents is 1. The van der Waals surface area contributed by atoms with Gasteiger partial charge >= 0.3 is 5.97 Å². The van der Waals surface area contributed by atoms with Gasteiger partial charge in [0.05, 0.1) is 12.8 Å². The van der Waals surface area contributed by atoms with E-state index in [1.807, 2.05) is 42.5 Å². The Morgan fingerprint density at radius 1 is 1.00 bits per heavy atom. The molecule has 0 atom stereocenters. The maximum absolute atomic E-state index is 12.4. The molecule has 6 heteroatoms. The second kappa shape index (κ2) is 11.5. The highest BCUT2D eigenvalue weighted by Crippen LogP contribution is 2.38. The number of nitrogens with zero attached hydrogens (tertiary/aromatic N) is 1. The molecule has 0 saturated heterocycles. The molecule has 0 radical (unpaired) electrons. The van der Waals surface area contributed by atoms with Crippen molar-refractivity contribution in [2.24, 2.45) is 0 Å². The first kappa shape index (κ1) is 24.4. The van der Waals surface area contributed by atoms with Gasteiger partial charge in [0.25, 0.3) is 0 Å². The molecule has 0 heterocycles. The second-order valence-electron chi connectivity index (χ2n) is 7.26. The van der Waals surface area contributed by atoms with Gasteiger partial charge in [-0.15, -0.1) is 12.4 Å². The zero-order valence-electron chi connectivity index (χ0n) is 18.3. The van der Waals surface area contributed by atoms with Crippen LogP contribution in [0.15, 0.2) is 54.6 Å². The Kier molecular flexibility index (Phi) is 9.01. The summed E-state index contributed by atoms with van der Waals surface area (Å²) in [6.45, 7) is 6.28. The number of anilines is 1. The van der Waals surface area contributed by atoms with Crippen LogP contribution >= 0.6 is 12.4 Å². The summed E-state index contributed by atoms with van der Waals surface area (Å²) in [5.74, 6) is 0.113. The van der Waals surface area contributed by atoms with Crippen molar-refractivity contribution in [1.29, 1.82) is 0 Å². The number of carbonyl (C=O) groups excluding carboxylic acids is 1. The van der Waals surface area contributed by atoms with Gasteiger partial charge in [0.15, 0.2) is 0 Å². The van der Waals surface area contributed by atoms with Gasteiger partial charge in [-0.1, -0.05) is 50.2 Å². The summed E-state index contributed by atoms with van der Waals surface area (Å²) in [4.78, 5) is 14.6. The molecule has 166 valence electrons. The number of fused-ring (bicyclic) bond motifs is 1. The first-order chi connectivity index (χ1) is 14.6. The highest BCUT2D eigenvalue weighted by Gasteiger charge is 2.19. The van der Waals surface area contributed by atoms with Crippen molar-refractivity contribution in [3.8, 4) is 11.5 Å². The Bertz CT molecular complexity index is 1000. The van der Waals surface area contributed by atoms with E-state index in [-0.39, 0.29) is 18.2 Å². The number of phenols is 1. The fraction of sp³-hybridized carbons (Fsp3) is 0.320. The van der Waals surface area contributed by atoms with Crippen LogP contribution < -0.4 is 9.64 Å². The summed E-state index contributed by atoms with van der Waals surface area (Å²) in [6.07, 6.45) is 1.97. The number of carbonyl (C=O) groups is 1. The van der Waals surface area contributed by atoms with Crippen molar-refractivity contribution < 1.29 is 19.4 Å². The fourth-order valence-electron chi connectivity index (χ4n) is 3.60. The molecular weight excluding hydrogens is 414 g/mol. The predicted molar refractivity (Wildman–Crippen MR) is 128 cm³/mol. The van der Waals surface area contributed by atoms with Crippen molar-refractivity contribution in [1.82, 2.24) is 0 Å². The molecule has 0 spiro atoms. The standard InChI is InChI=1S/C25H29NO4.ClH/c1-4-13-26(14-5-2)22-12-11-19-15-23(30-17-18-9-7-6-8-10-18)21(25(28)29-3)16-20(19)24(22)27;/h6-12,15-16,27H,4-5,13-14,17H2,1-3H3;1H. The van der Waals surface area contributed by atoms with Crippen molar-refractivity contribution in [3.05, 3.63) is 65.7 Å². The lowest BCUT2D eigenvalue weighted by Crippen LogP contribution is -2.24. The number of aromatic hydroxyl groups is 1. The molecule has 0 bridgehead atoms. The third-order valence-corrected chi connectivity index (χ3v) is 5.04. The highest BCUT2D eigenvalue weighted by atomic mass is 35.5. The minimum absolute atomic E-state index is 0. The summed E-state index contributed by atoms with van der Waals surface area (Å²) >= 11 is 0. The Balaban J connectivity index is 0.00000341. The normalized spacial score (nSPS) is 10.4. The van der Waals surface area contributed by atoms with E-state index in [4.69, 9.17) is 9.47 Å². The molecule has 0 fully saturated rings. The third-order valence-electron chi connectivity index (χ3n) is 5.04. The number of esters is 1. The number of ether oxygens (including phenoxy) is 2. The number of benzene rings is 3. The van der Waals surface area contributed by atoms with Crippen molar-refractivity contribution in [3.63, 3.8) is 0 Å². The van der Waals surface area contributed by atoms with E-state index in [0.29, 0.717) is 23.3 Å². The van der Waals surface area contributed by atoms with Gasteiger partial charge in [0.1, 0.15) is 23.7 Å². The number of hydrogen-bond acceptors (Lipinski definition) is 5. The van der Waals surface area contributed by atoms with Crippen LogP contribution in [0.25, 0.3) is 10.8 Å². The van der Waals surface area contributed by atoms with Crippen molar-refractivity contribution in [2.75, 3.05) is 25.1 Å². The Morgan fingerprint density at radius 2 is 1.68 bits per heavy atom. The first-order valence-electron chi connectivity index (χ1n) is 10.4. The molecule has 3 aromatic rings. The minimum Gasteiger partial charge on any atom is -0.505 e. The van der Waals surface area contributed by atoms with Crippen molar-refractivity contribution in [2.45, 2.75) is 33.3 Å². The zero-order chi connectivity index (χ0) is 21.5. The summed E-state index contributed by atoms with van der Waals surface area (Å²) in [6, 6.07) is 17.1. The molecule has 31 heavy (non-hydrogen) atoms. The second-order valence-corrected chi connectivity index (χ2v) is 7.26. The summed E-state index contributed by atoms with van der Waals surface area (Å²) in [5, 5.41) is 12.4. The maximum atomic E-state index is 12.4. The van der Waals surface area contributed by atoms with Crippen LogP contribution in [0.1, 0.15) is 42.6 Å². The largest absolute Gasteiger partial charge is 0.505 e. The first-order valence-corrected chi connectivity index (χ1v) is 10.4. The number of methoxy groups -OCH3 is 1. The molecular formula is C25H30ClNO4. The monoisotopic (exact) mass is 443 g/mol. The molecule has 3 rings (SSSR count). The Hall–Kier alpha value is -2.92. The van der Waals surface area contributed by atoms with E-state index in [0.717, 1.165) is 42.6 Å². The van der Waals surface area contributed by atoms with Gasteiger partial charge in [-0.3, -0.25) is 0 Å². The van der Waals surface area contributed by atoms with Crippen LogP contribution in [-0.4, -0.2) is 31.3 Å². The van der Waals surface area contributed by atoms with E-state index in [2.05, 4.69) is 18.7 Å². The van der Waals surface area contributed by atoms with Gasteiger partial charge in [-0.25, -0.2) is 4.79 Å². The molecule has 0 aliphatic rings. The van der Waals surface area contributed by atoms with Crippen LogP contribution in [0.4, 0.5) is 5.69 Å². The zero-order valence-corrected chi connectivity index (χ0v) is 19.1. The van der Waals surface area contributed by atoms with E-state index in [1.54, 1.807) is 12.1 Å². The van der Waals surface area contributed by atoms with Crippen LogP contribution in [0.3, 0.4) is 0 Å². The van der Waals surface area contributed by atoms with Gasteiger partial charge in [0.2, 0.25) is 0 Å². The fourth-order valence-corrected chi connectivity index (χ4v) is 3.60. The third kappa shape index (κ3) is 5.61. The maximum Gasteiger partial charge on any atom is 0.341 e. The smallest absolute Gasteiger partial charge is 0.341 e. The lowest BCUT2D eigenvalue weighted by atomic mass is 10.0. The van der Waals surface area contributed by atoms with Crippen LogP contribution in [0, 0.1) is 0 Å². The number of hydrogen-bond donors (Lipinski definition) is 1. The molecule has 0 unspecified atom stereocenters. The molecule has 0 aromatic heterocycles. The quantitative estimate of drug-likeness (QED) is 0.413. The van der Waals surface area contributed by atoms with Gasteiger partial charge in [-0.2, -0.15) is 0 Å². The summed E-state index contributed by atoms with van der Waals surface area (Å²) in [5.41, 5.74) is 2.08. The van der Waals surface area contributed by atoms with Gasteiger partial charge < -0.3 is 19.5 Å². The molecule has 0 saturated carbocycles. The molecule has 0 aliphatic carbocycles. The minimum atomic E-state index is -0.497. The van der Waals surface area contributed by atoms with Crippen LogP contribution in [0.2, 0.25) is 0 Å². The summed E-state index contributed by atoms with van der Waals surface area (Å²) < 4.78 is 10.9. The average Bonchev–Trinajstić information content (AvgIpc) is 2.77. The number of halogens is 1. The molecule has 1 N–H and O–H groups in total. The van der Waals surface area contributed by atoms with E-state index >= 15 is 0 Å². The lowest BCUT2D eigenvalue weighted by Gasteiger charge is -2.25. The Morgan fingerprint density at radius 3 is 2.29 bits per heavy atom. The highest BCUT2D eigenvalue weighted by molar-refractivity contribution is 6.02. The average molecular weight is 444 g/mol. The van der Waals surface area contributed by atoms with Gasteiger partial charge in [-0.05, 0) is 42.0 Å². The van der Waals surface area contributed by atoms with Crippen LogP contribution in [-0.2, 0) is 11.3 Å². The van der Waals surface area contributed by atoms with Crippen molar-refractivity contribution >= 4 is 34.8 Å². The molecule has 5 nitrogen and oxygen atoms in total. The molecule has 0 amide bonds. The molecule has 0 aliphatic heterocycles. The van der Waals surface area contributed by atoms with Crippen LogP contribution in [0.5, 0.6) is 11.5 Å². The molecule has 3 aromatic carbocycles. The van der Waals surface area contributed by atoms with E-state index in [1.165, 1.54) is 7.11 Å². The van der Waals surface area contributed by atoms with E-state index in [9.17, 15) is 9.90 Å². The Labute approximate surface area is 190 Å². The number of rotatable bonds is 9. The summed E-state index contributed by atoms with van der Waals surface area (Å²) in [7, 11) is 1.34. The van der Waals surface area contributed by atoms with E-state index < -0.39 is 5.97 Å². The van der Waals surface area contributed by atoms with Gasteiger partial charge in [0, 0.05) is 18.5 Å².